The van der Waals surface area contributed by atoms with Gasteiger partial charge in [0.1, 0.15) is 0 Å². The Hall–Kier alpha value is -1.51. The van der Waals surface area contributed by atoms with Crippen molar-refractivity contribution in [2.24, 2.45) is 0 Å². The van der Waals surface area contributed by atoms with E-state index in [9.17, 15) is 0 Å². The normalized spacial score (nSPS) is 14.1. The van der Waals surface area contributed by atoms with E-state index in [1.165, 1.54) is 36.0 Å². The molecule has 0 fully saturated rings. The van der Waals surface area contributed by atoms with Crippen molar-refractivity contribution in [2.45, 2.75) is 31.0 Å². The zero-order valence-electron chi connectivity index (χ0n) is 11.2. The standard InChI is InChI=1S/C13H15.3CO.Fe/c1-2-3-6-11-9-12-7-4-5-8-13(12)10-11;3*1-2;/h4-5,7-10H,2-3,6H2,1H3;;;;. The van der Waals surface area contributed by atoms with Crippen molar-refractivity contribution >= 4 is 26.4 Å². The van der Waals surface area contributed by atoms with Crippen molar-refractivity contribution in [3.8, 4) is 0 Å². The minimum atomic E-state index is 0.401. The Morgan fingerprint density at radius 2 is 1.60 bits per heavy atom. The predicted octanol–water partition coefficient (Wildman–Crippen LogP) is 2.67. The molecule has 1 aliphatic rings. The minimum Gasteiger partial charge on any atom is -0.281 e. The van der Waals surface area contributed by atoms with Crippen LogP contribution in [0, 0.1) is 0 Å². The zero-order valence-corrected chi connectivity index (χ0v) is 12.3. The summed E-state index contributed by atoms with van der Waals surface area (Å²) >= 11 is 4.24. The molecule has 2 rings (SSSR count). The van der Waals surface area contributed by atoms with E-state index in [2.05, 4.69) is 73.6 Å². The van der Waals surface area contributed by atoms with E-state index in [4.69, 9.17) is 14.4 Å². The van der Waals surface area contributed by atoms with E-state index < -0.39 is 0 Å². The number of hydrogen-bond donors (Lipinski definition) is 0. The first-order valence-electron chi connectivity index (χ1n) is 5.86. The van der Waals surface area contributed by atoms with E-state index in [-0.39, 0.29) is 0 Å². The van der Waals surface area contributed by atoms with Crippen molar-refractivity contribution < 1.29 is 30.4 Å². The molecule has 0 spiro atoms. The third-order valence-corrected chi connectivity index (χ3v) is 3.49. The number of hydrogen-bond acceptors (Lipinski definition) is 3. The van der Waals surface area contributed by atoms with Crippen LogP contribution in [0.1, 0.15) is 42.1 Å². The Bertz CT molecular complexity index is 400. The van der Waals surface area contributed by atoms with Gasteiger partial charge in [0, 0.05) is 0 Å². The Morgan fingerprint density at radius 1 is 1.05 bits per heavy atom. The second-order valence-corrected chi connectivity index (χ2v) is 4.44. The first-order chi connectivity index (χ1) is 9.83. The van der Waals surface area contributed by atoms with Crippen LogP contribution in [0.25, 0.3) is 6.08 Å². The molecule has 0 amide bonds. The van der Waals surface area contributed by atoms with Gasteiger partial charge in [-0.15, -0.1) is 0 Å². The second kappa shape index (κ2) is 13.9. The van der Waals surface area contributed by atoms with Gasteiger partial charge in [0.05, 0.1) is 0 Å². The van der Waals surface area contributed by atoms with Crippen LogP contribution in [0.5, 0.6) is 0 Å². The predicted molar refractivity (Wildman–Crippen MR) is 73.8 cm³/mol. The molecule has 20 heavy (non-hydrogen) atoms. The Labute approximate surface area is 129 Å². The molecule has 3 nitrogen and oxygen atoms in total. The quantitative estimate of drug-likeness (QED) is 0.807. The van der Waals surface area contributed by atoms with E-state index in [0.29, 0.717) is 4.82 Å². The van der Waals surface area contributed by atoms with Gasteiger partial charge in [0.2, 0.25) is 0 Å². The Morgan fingerprint density at radius 3 is 2.10 bits per heavy atom. The average molecular weight is 311 g/mol. The van der Waals surface area contributed by atoms with Crippen molar-refractivity contribution in [1.82, 2.24) is 0 Å². The summed E-state index contributed by atoms with van der Waals surface area (Å²) in [6.45, 7) is 15.7. The topological polar surface area (TPSA) is 51.2 Å². The number of unbranched alkanes of at least 4 members (excludes halogenated alkanes) is 1. The molecule has 0 heterocycles. The number of allylic oxidation sites excluding steroid dienone is 1. The maximum Gasteiger partial charge on any atom is 0.281 e. The first-order valence-corrected chi connectivity index (χ1v) is 6.50. The number of benzene rings is 1. The molecule has 1 unspecified atom stereocenters. The largest absolute Gasteiger partial charge is 0.281 e. The Kier molecular flexibility index (Phi) is 14.5. The van der Waals surface area contributed by atoms with Crippen LogP contribution < -0.4 is 0 Å². The maximum absolute atomic E-state index is 7.50. The van der Waals surface area contributed by atoms with Gasteiger partial charge in [-0.1, -0.05) is 0 Å². The summed E-state index contributed by atoms with van der Waals surface area (Å²) in [5.41, 5.74) is 4.28. The molecule has 105 valence electrons. The monoisotopic (exact) mass is 311 g/mol. The van der Waals surface area contributed by atoms with Crippen LogP contribution in [-0.2, 0) is 30.4 Å². The molecular formula is C16H15FeO3. The van der Waals surface area contributed by atoms with Gasteiger partial charge in [0.25, 0.3) is 20.4 Å². The fourth-order valence-electron chi connectivity index (χ4n) is 1.91. The van der Waals surface area contributed by atoms with Crippen LogP contribution in [0.4, 0.5) is 0 Å². The molecule has 1 aromatic rings. The van der Waals surface area contributed by atoms with Gasteiger partial charge >= 0.3 is 94.1 Å². The molecule has 0 bridgehead atoms. The van der Waals surface area contributed by atoms with Crippen molar-refractivity contribution in [1.29, 1.82) is 0 Å². The van der Waals surface area contributed by atoms with Crippen LogP contribution in [-0.4, -0.2) is 20.4 Å². The fourth-order valence-corrected chi connectivity index (χ4v) is 2.46. The molecule has 0 aromatic heterocycles. The number of fused-ring (bicyclic) bond motifs is 1. The van der Waals surface area contributed by atoms with Crippen molar-refractivity contribution in [3.05, 3.63) is 41.0 Å². The molecule has 0 saturated heterocycles. The van der Waals surface area contributed by atoms with E-state index >= 15 is 0 Å². The summed E-state index contributed by atoms with van der Waals surface area (Å²) in [6, 6.07) is 8.59. The number of rotatable bonds is 3. The smallest absolute Gasteiger partial charge is 0.281 e. The molecule has 1 atom stereocenters. The zero-order chi connectivity index (χ0) is 16.0. The van der Waals surface area contributed by atoms with E-state index in [1.54, 1.807) is 0 Å². The second-order valence-electron chi connectivity index (χ2n) is 3.80. The Balaban J connectivity index is 0. The van der Waals surface area contributed by atoms with Crippen molar-refractivity contribution in [2.75, 3.05) is 0 Å². The van der Waals surface area contributed by atoms with Crippen molar-refractivity contribution in [3.63, 3.8) is 0 Å². The van der Waals surface area contributed by atoms with Gasteiger partial charge in [-0.3, -0.25) is 14.4 Å². The molecule has 0 N–H and O–H groups in total. The van der Waals surface area contributed by atoms with Gasteiger partial charge in [-0.25, -0.2) is 0 Å². The van der Waals surface area contributed by atoms with Gasteiger partial charge in [-0.2, -0.15) is 0 Å². The van der Waals surface area contributed by atoms with Gasteiger partial charge in [0.15, 0.2) is 0 Å². The molecule has 4 heteroatoms. The summed E-state index contributed by atoms with van der Waals surface area (Å²) in [7, 11) is 0. The molecule has 0 aliphatic heterocycles. The summed E-state index contributed by atoms with van der Waals surface area (Å²) in [6.07, 6.45) is 6.08. The third kappa shape index (κ3) is 6.09. The van der Waals surface area contributed by atoms with Crippen LogP contribution in [0.3, 0.4) is 0 Å². The summed E-state index contributed by atoms with van der Waals surface area (Å²) in [4.78, 5) is 22.9. The molecular weight excluding hydrogens is 296 g/mol. The van der Waals surface area contributed by atoms with E-state index in [1.807, 2.05) is 0 Å². The molecule has 6 radical (unpaired) electrons. The third-order valence-electron chi connectivity index (χ3n) is 2.74. The maximum atomic E-state index is 7.50. The first kappa shape index (κ1) is 20.8. The summed E-state index contributed by atoms with van der Waals surface area (Å²) in [5.74, 6) is 0. The molecule has 0 saturated carbocycles. The average Bonchev–Trinajstić information content (AvgIpc) is 2.88. The van der Waals surface area contributed by atoms with E-state index in [0.717, 1.165) is 0 Å². The number of carbonyl (C=O) groups excluding carboxylic acids is 3. The summed E-state index contributed by atoms with van der Waals surface area (Å²) in [5, 5.41) is 0. The summed E-state index contributed by atoms with van der Waals surface area (Å²) < 4.78 is 0. The molecule has 1 aromatic carbocycles. The van der Waals surface area contributed by atoms with Crippen LogP contribution in [0.15, 0.2) is 29.8 Å². The SMILES string of the molecule is CCCCC1=Cc2ccccc2[CH]1[Fe].[C]=O.[C]=O.[C]=O. The van der Waals surface area contributed by atoms with Crippen LogP contribution >= 0.6 is 0 Å². The van der Waals surface area contributed by atoms with Crippen LogP contribution in [0.2, 0.25) is 0 Å². The molecule has 1 aliphatic carbocycles. The van der Waals surface area contributed by atoms with Gasteiger partial charge < -0.3 is 0 Å². The minimum absolute atomic E-state index is 0.401. The van der Waals surface area contributed by atoms with Gasteiger partial charge in [-0.05, 0) is 0 Å². The fraction of sp³-hybridized carbons (Fsp3) is 0.312.